The van der Waals surface area contributed by atoms with Gasteiger partial charge in [-0.05, 0) is 88.8 Å². The molecule has 5 heteroatoms. The summed E-state index contributed by atoms with van der Waals surface area (Å²) in [5.74, 6) is 1.55. The van der Waals surface area contributed by atoms with E-state index in [1.807, 2.05) is 25.7 Å². The number of nitrogens with zero attached hydrogens (tertiary/aromatic N) is 2. The highest BCUT2D eigenvalue weighted by molar-refractivity contribution is 7.98. The monoisotopic (exact) mass is 390 g/mol. The Morgan fingerprint density at radius 1 is 0.963 bits per heavy atom. The van der Waals surface area contributed by atoms with Crippen LogP contribution in [0.3, 0.4) is 0 Å². The van der Waals surface area contributed by atoms with Crippen molar-refractivity contribution in [1.82, 2.24) is 4.90 Å². The van der Waals surface area contributed by atoms with Crippen molar-refractivity contribution in [3.63, 3.8) is 0 Å². The summed E-state index contributed by atoms with van der Waals surface area (Å²) in [6, 6.07) is 8.95. The summed E-state index contributed by atoms with van der Waals surface area (Å²) in [6.45, 7) is 9.77. The predicted molar refractivity (Wildman–Crippen MR) is 114 cm³/mol. The Morgan fingerprint density at radius 3 is 1.96 bits per heavy atom. The third-order valence-electron chi connectivity index (χ3n) is 5.84. The van der Waals surface area contributed by atoms with Crippen molar-refractivity contribution in [2.24, 2.45) is 11.8 Å². The van der Waals surface area contributed by atoms with Gasteiger partial charge in [-0.15, -0.1) is 11.8 Å². The second-order valence-corrected chi connectivity index (χ2v) is 9.71. The van der Waals surface area contributed by atoms with E-state index in [0.717, 1.165) is 50.9 Å². The van der Waals surface area contributed by atoms with Crippen LogP contribution in [0.4, 0.5) is 10.5 Å². The largest absolute Gasteiger partial charge is 0.444 e. The van der Waals surface area contributed by atoms with Gasteiger partial charge >= 0.3 is 6.09 Å². The van der Waals surface area contributed by atoms with Crippen molar-refractivity contribution in [2.45, 2.75) is 57.0 Å². The molecule has 2 aliphatic rings. The average molecular weight is 391 g/mol. The van der Waals surface area contributed by atoms with Crippen LogP contribution in [-0.2, 0) is 4.74 Å². The number of hydrogen-bond donors (Lipinski definition) is 0. The lowest BCUT2D eigenvalue weighted by Gasteiger charge is -2.41. The molecule has 0 unspecified atom stereocenters. The Bertz CT molecular complexity index is 610. The van der Waals surface area contributed by atoms with Gasteiger partial charge in [0.1, 0.15) is 5.60 Å². The number of likely N-dealkylation sites (tertiary alicyclic amines) is 1. The zero-order valence-corrected chi connectivity index (χ0v) is 18.1. The predicted octanol–water partition coefficient (Wildman–Crippen LogP) is 5.27. The number of carbonyl (C=O) groups excluding carboxylic acids is 1. The fourth-order valence-corrected chi connectivity index (χ4v) is 4.71. The molecule has 3 rings (SSSR count). The minimum atomic E-state index is -0.408. The number of piperidine rings is 2. The smallest absolute Gasteiger partial charge is 0.410 e. The number of anilines is 1. The molecule has 150 valence electrons. The number of amides is 1. The molecule has 0 aromatic heterocycles. The molecule has 0 aliphatic carbocycles. The average Bonchev–Trinajstić information content (AvgIpc) is 2.67. The minimum absolute atomic E-state index is 0.149. The zero-order chi connectivity index (χ0) is 19.4. The van der Waals surface area contributed by atoms with Crippen LogP contribution in [0.2, 0.25) is 0 Å². The summed E-state index contributed by atoms with van der Waals surface area (Å²) in [5, 5.41) is 0. The molecule has 0 atom stereocenters. The molecular weight excluding hydrogens is 356 g/mol. The Labute approximate surface area is 168 Å². The summed E-state index contributed by atoms with van der Waals surface area (Å²) >= 11 is 1.79. The Morgan fingerprint density at radius 2 is 1.48 bits per heavy atom. The van der Waals surface area contributed by atoms with Crippen molar-refractivity contribution in [2.75, 3.05) is 37.3 Å². The van der Waals surface area contributed by atoms with Crippen LogP contribution < -0.4 is 4.90 Å². The molecule has 2 aliphatic heterocycles. The van der Waals surface area contributed by atoms with E-state index in [2.05, 4.69) is 35.4 Å². The molecule has 0 radical (unpaired) electrons. The highest BCUT2D eigenvalue weighted by atomic mass is 32.2. The second-order valence-electron chi connectivity index (χ2n) is 8.83. The Balaban J connectivity index is 1.44. The SMILES string of the molecule is CSc1ccc(N2CCC(C3CCN(C(=O)OC(C)(C)C)CC3)CC2)cc1. The summed E-state index contributed by atoms with van der Waals surface area (Å²) in [4.78, 5) is 18.0. The van der Waals surface area contributed by atoms with E-state index < -0.39 is 5.60 Å². The van der Waals surface area contributed by atoms with Gasteiger partial charge in [0.2, 0.25) is 0 Å². The van der Waals surface area contributed by atoms with Crippen LogP contribution in [0.1, 0.15) is 46.5 Å². The van der Waals surface area contributed by atoms with Gasteiger partial charge < -0.3 is 14.5 Å². The molecule has 1 amide bonds. The van der Waals surface area contributed by atoms with Gasteiger partial charge in [0.15, 0.2) is 0 Å². The first kappa shape index (κ1) is 20.4. The van der Waals surface area contributed by atoms with Gasteiger partial charge in [0.25, 0.3) is 0 Å². The van der Waals surface area contributed by atoms with Gasteiger partial charge in [-0.25, -0.2) is 4.79 Å². The summed E-state index contributed by atoms with van der Waals surface area (Å²) in [7, 11) is 0. The first-order valence-electron chi connectivity index (χ1n) is 10.2. The number of ether oxygens (including phenoxy) is 1. The second kappa shape index (κ2) is 8.76. The molecule has 0 saturated carbocycles. The fourth-order valence-electron chi connectivity index (χ4n) is 4.30. The van der Waals surface area contributed by atoms with Crippen LogP contribution >= 0.6 is 11.8 Å². The van der Waals surface area contributed by atoms with E-state index in [9.17, 15) is 4.79 Å². The fraction of sp³-hybridized carbons (Fsp3) is 0.682. The van der Waals surface area contributed by atoms with Crippen molar-refractivity contribution in [3.05, 3.63) is 24.3 Å². The highest BCUT2D eigenvalue weighted by Crippen LogP contribution is 2.34. The van der Waals surface area contributed by atoms with Gasteiger partial charge in [0.05, 0.1) is 0 Å². The molecule has 2 fully saturated rings. The van der Waals surface area contributed by atoms with Crippen molar-refractivity contribution >= 4 is 23.5 Å². The number of thioether (sulfide) groups is 1. The lowest BCUT2D eigenvalue weighted by atomic mass is 9.79. The summed E-state index contributed by atoms with van der Waals surface area (Å²) in [5.41, 5.74) is 0.945. The van der Waals surface area contributed by atoms with Crippen molar-refractivity contribution in [1.29, 1.82) is 0 Å². The van der Waals surface area contributed by atoms with E-state index in [1.165, 1.54) is 23.4 Å². The normalized spacial score (nSPS) is 20.0. The molecule has 0 bridgehead atoms. The third-order valence-corrected chi connectivity index (χ3v) is 6.58. The standard InChI is InChI=1S/C22H34N2O2S/c1-22(2,3)26-21(25)24-15-11-18(12-16-24)17-9-13-23(14-10-17)19-5-7-20(27-4)8-6-19/h5-8,17-18H,9-16H2,1-4H3. The number of rotatable bonds is 3. The molecule has 4 nitrogen and oxygen atoms in total. The van der Waals surface area contributed by atoms with E-state index in [-0.39, 0.29) is 6.09 Å². The molecular formula is C22H34N2O2S. The van der Waals surface area contributed by atoms with E-state index in [4.69, 9.17) is 4.74 Å². The molecule has 1 aromatic carbocycles. The van der Waals surface area contributed by atoms with Crippen molar-refractivity contribution < 1.29 is 9.53 Å². The summed E-state index contributed by atoms with van der Waals surface area (Å²) < 4.78 is 5.52. The highest BCUT2D eigenvalue weighted by Gasteiger charge is 2.32. The molecule has 1 aromatic rings. The first-order chi connectivity index (χ1) is 12.9. The minimum Gasteiger partial charge on any atom is -0.444 e. The van der Waals surface area contributed by atoms with Crippen LogP contribution in [-0.4, -0.2) is 49.0 Å². The van der Waals surface area contributed by atoms with Gasteiger partial charge in [-0.2, -0.15) is 0 Å². The molecule has 2 saturated heterocycles. The van der Waals surface area contributed by atoms with E-state index in [0.29, 0.717) is 0 Å². The van der Waals surface area contributed by atoms with Crippen LogP contribution in [0, 0.1) is 11.8 Å². The molecule has 0 spiro atoms. The van der Waals surface area contributed by atoms with Crippen LogP contribution in [0.15, 0.2) is 29.2 Å². The van der Waals surface area contributed by atoms with Gasteiger partial charge in [-0.1, -0.05) is 0 Å². The zero-order valence-electron chi connectivity index (χ0n) is 17.2. The molecule has 2 heterocycles. The number of benzene rings is 1. The van der Waals surface area contributed by atoms with Crippen LogP contribution in [0.5, 0.6) is 0 Å². The lowest BCUT2D eigenvalue weighted by molar-refractivity contribution is 0.0152. The molecule has 0 N–H and O–H groups in total. The Hall–Kier alpha value is -1.36. The van der Waals surface area contributed by atoms with Crippen molar-refractivity contribution in [3.8, 4) is 0 Å². The topological polar surface area (TPSA) is 32.8 Å². The summed E-state index contributed by atoms with van der Waals surface area (Å²) in [6.07, 6.45) is 6.74. The molecule has 27 heavy (non-hydrogen) atoms. The Kier molecular flexibility index (Phi) is 6.61. The number of hydrogen-bond acceptors (Lipinski definition) is 4. The number of carbonyl (C=O) groups is 1. The maximum absolute atomic E-state index is 12.2. The van der Waals surface area contributed by atoms with Gasteiger partial charge in [-0.3, -0.25) is 0 Å². The van der Waals surface area contributed by atoms with Gasteiger partial charge in [0, 0.05) is 36.8 Å². The maximum Gasteiger partial charge on any atom is 0.410 e. The first-order valence-corrected chi connectivity index (χ1v) is 11.4. The third kappa shape index (κ3) is 5.56. The van der Waals surface area contributed by atoms with E-state index >= 15 is 0 Å². The lowest BCUT2D eigenvalue weighted by Crippen LogP contribution is -2.44. The quantitative estimate of drug-likeness (QED) is 0.658. The maximum atomic E-state index is 12.2. The van der Waals surface area contributed by atoms with Crippen LogP contribution in [0.25, 0.3) is 0 Å². The van der Waals surface area contributed by atoms with E-state index in [1.54, 1.807) is 11.8 Å².